The number of nitrogens with one attached hydrogen (secondary N) is 1. The van der Waals surface area contributed by atoms with E-state index in [4.69, 9.17) is 0 Å². The zero-order chi connectivity index (χ0) is 19.7. The molecule has 2 aromatic heterocycles. The molecule has 3 rings (SSSR count). The molecule has 0 unspecified atom stereocenters. The van der Waals surface area contributed by atoms with E-state index >= 15 is 0 Å². The second-order valence-electron chi connectivity index (χ2n) is 6.20. The molecule has 8 heteroatoms. The summed E-state index contributed by atoms with van der Waals surface area (Å²) in [5.41, 5.74) is 1.97. The lowest BCUT2D eigenvalue weighted by molar-refractivity contribution is -0.113. The van der Waals surface area contributed by atoms with Crippen molar-refractivity contribution >= 4 is 50.7 Å². The number of thioether (sulfide) groups is 1. The van der Waals surface area contributed by atoms with Crippen LogP contribution in [0.5, 0.6) is 0 Å². The SMILES string of the molecule is CC(=O)c1cccc(NC(=O)CSc2nc3sc(C)c(C)c3c(=O)n2C)c1. The molecule has 0 saturated heterocycles. The van der Waals surface area contributed by atoms with Gasteiger partial charge in [-0.3, -0.25) is 19.0 Å². The third-order valence-electron chi connectivity index (χ3n) is 4.25. The first kappa shape index (κ1) is 19.3. The van der Waals surface area contributed by atoms with Crippen LogP contribution >= 0.6 is 23.1 Å². The molecule has 140 valence electrons. The van der Waals surface area contributed by atoms with Crippen LogP contribution in [0.3, 0.4) is 0 Å². The van der Waals surface area contributed by atoms with Crippen LogP contribution in [0.15, 0.2) is 34.2 Å². The Morgan fingerprint density at radius 3 is 2.74 bits per heavy atom. The van der Waals surface area contributed by atoms with Gasteiger partial charge in [-0.05, 0) is 38.5 Å². The number of ketones is 1. The first-order valence-corrected chi connectivity index (χ1v) is 10.1. The largest absolute Gasteiger partial charge is 0.325 e. The van der Waals surface area contributed by atoms with Gasteiger partial charge in [-0.1, -0.05) is 23.9 Å². The van der Waals surface area contributed by atoms with Crippen molar-refractivity contribution in [1.82, 2.24) is 9.55 Å². The number of carbonyl (C=O) groups is 2. The second kappa shape index (κ2) is 7.66. The van der Waals surface area contributed by atoms with Crippen LogP contribution in [0.2, 0.25) is 0 Å². The monoisotopic (exact) mass is 401 g/mol. The quantitative estimate of drug-likeness (QED) is 0.402. The Morgan fingerprint density at radius 2 is 2.04 bits per heavy atom. The molecule has 2 heterocycles. The molecule has 1 aromatic carbocycles. The predicted octanol–water partition coefficient (Wildman–Crippen LogP) is 3.55. The molecule has 0 aliphatic heterocycles. The van der Waals surface area contributed by atoms with Crippen LogP contribution < -0.4 is 10.9 Å². The smallest absolute Gasteiger partial charge is 0.262 e. The maximum Gasteiger partial charge on any atom is 0.262 e. The molecule has 1 amide bonds. The fraction of sp³-hybridized carbons (Fsp3) is 0.263. The van der Waals surface area contributed by atoms with E-state index in [1.54, 1.807) is 31.3 Å². The van der Waals surface area contributed by atoms with E-state index in [9.17, 15) is 14.4 Å². The van der Waals surface area contributed by atoms with Gasteiger partial charge in [0, 0.05) is 23.2 Å². The zero-order valence-corrected chi connectivity index (χ0v) is 17.1. The predicted molar refractivity (Wildman–Crippen MR) is 110 cm³/mol. The minimum absolute atomic E-state index is 0.0606. The number of hydrogen-bond donors (Lipinski definition) is 1. The van der Waals surface area contributed by atoms with Crippen LogP contribution in [0.25, 0.3) is 10.2 Å². The number of carbonyl (C=O) groups excluding carboxylic acids is 2. The molecule has 3 aromatic rings. The van der Waals surface area contributed by atoms with Crippen LogP contribution in [-0.2, 0) is 11.8 Å². The molecule has 27 heavy (non-hydrogen) atoms. The van der Waals surface area contributed by atoms with Gasteiger partial charge >= 0.3 is 0 Å². The zero-order valence-electron chi connectivity index (χ0n) is 15.5. The number of hydrogen-bond acceptors (Lipinski definition) is 6. The number of thiophene rings is 1. The Balaban J connectivity index is 1.76. The maximum atomic E-state index is 12.6. The maximum absolute atomic E-state index is 12.6. The molecule has 0 fully saturated rings. The summed E-state index contributed by atoms with van der Waals surface area (Å²) >= 11 is 2.70. The van der Waals surface area contributed by atoms with Crippen LogP contribution in [0.4, 0.5) is 5.69 Å². The highest BCUT2D eigenvalue weighted by Crippen LogP contribution is 2.28. The fourth-order valence-electron chi connectivity index (χ4n) is 2.63. The van der Waals surface area contributed by atoms with Gasteiger partial charge in [-0.25, -0.2) is 4.98 Å². The Bertz CT molecular complexity index is 1120. The summed E-state index contributed by atoms with van der Waals surface area (Å²) in [6.45, 7) is 5.37. The van der Waals surface area contributed by atoms with E-state index in [1.165, 1.54) is 34.6 Å². The fourth-order valence-corrected chi connectivity index (χ4v) is 4.47. The standard InChI is InChI=1S/C19H19N3O3S2/c1-10-12(3)27-17-16(10)18(25)22(4)19(21-17)26-9-15(24)20-14-7-5-6-13(8-14)11(2)23/h5-8H,9H2,1-4H3,(H,20,24). The first-order chi connectivity index (χ1) is 12.8. The van der Waals surface area contributed by atoms with Gasteiger partial charge in [0.2, 0.25) is 5.91 Å². The van der Waals surface area contributed by atoms with Gasteiger partial charge in [0.25, 0.3) is 5.56 Å². The molecule has 0 aliphatic rings. The van der Waals surface area contributed by atoms with Crippen molar-refractivity contribution < 1.29 is 9.59 Å². The second-order valence-corrected chi connectivity index (χ2v) is 8.34. The molecular formula is C19H19N3O3S2. The van der Waals surface area contributed by atoms with E-state index < -0.39 is 0 Å². The van der Waals surface area contributed by atoms with Gasteiger partial charge < -0.3 is 5.32 Å². The molecule has 0 spiro atoms. The van der Waals surface area contributed by atoms with Gasteiger partial charge in [-0.15, -0.1) is 11.3 Å². The normalized spacial score (nSPS) is 11.0. The van der Waals surface area contributed by atoms with Crippen LogP contribution in [0.1, 0.15) is 27.7 Å². The molecule has 1 N–H and O–H groups in total. The highest BCUT2D eigenvalue weighted by Gasteiger charge is 2.16. The highest BCUT2D eigenvalue weighted by molar-refractivity contribution is 7.99. The molecule has 0 bridgehead atoms. The summed E-state index contributed by atoms with van der Waals surface area (Å²) in [5.74, 6) is -0.178. The van der Waals surface area contributed by atoms with Gasteiger partial charge in [-0.2, -0.15) is 0 Å². The van der Waals surface area contributed by atoms with Crippen molar-refractivity contribution in [3.8, 4) is 0 Å². The summed E-state index contributed by atoms with van der Waals surface area (Å²) in [4.78, 5) is 42.6. The number of rotatable bonds is 5. The molecule has 0 saturated carbocycles. The van der Waals surface area contributed by atoms with Gasteiger partial charge in [0.15, 0.2) is 10.9 Å². The number of aromatic nitrogens is 2. The number of nitrogens with zero attached hydrogens (tertiary/aromatic N) is 2. The number of aryl methyl sites for hydroxylation is 2. The lowest BCUT2D eigenvalue weighted by Crippen LogP contribution is -2.21. The third-order valence-corrected chi connectivity index (χ3v) is 6.39. The van der Waals surface area contributed by atoms with E-state index in [0.29, 0.717) is 26.6 Å². The van der Waals surface area contributed by atoms with E-state index in [2.05, 4.69) is 10.3 Å². The number of amides is 1. The van der Waals surface area contributed by atoms with E-state index in [-0.39, 0.29) is 23.0 Å². The van der Waals surface area contributed by atoms with Crippen LogP contribution in [-0.4, -0.2) is 27.0 Å². The minimum Gasteiger partial charge on any atom is -0.325 e. The van der Waals surface area contributed by atoms with Crippen molar-refractivity contribution in [3.63, 3.8) is 0 Å². The Morgan fingerprint density at radius 1 is 1.30 bits per heavy atom. The number of Topliss-reactive ketones (excluding diaryl/α,β-unsaturated/α-hetero) is 1. The molecule has 6 nitrogen and oxygen atoms in total. The molecule has 0 radical (unpaired) electrons. The third kappa shape index (κ3) is 3.96. The van der Waals surface area contributed by atoms with E-state index in [1.807, 2.05) is 13.8 Å². The lowest BCUT2D eigenvalue weighted by Gasteiger charge is -2.08. The Kier molecular flexibility index (Phi) is 5.48. The van der Waals surface area contributed by atoms with Crippen molar-refractivity contribution in [2.75, 3.05) is 11.1 Å². The van der Waals surface area contributed by atoms with Crippen molar-refractivity contribution in [2.45, 2.75) is 25.9 Å². The average molecular weight is 402 g/mol. The van der Waals surface area contributed by atoms with Gasteiger partial charge in [0.1, 0.15) is 4.83 Å². The summed E-state index contributed by atoms with van der Waals surface area (Å²) in [5, 5.41) is 3.92. The van der Waals surface area contributed by atoms with E-state index in [0.717, 1.165) is 10.4 Å². The Hall–Kier alpha value is -2.45. The summed E-state index contributed by atoms with van der Waals surface area (Å²) in [7, 11) is 1.66. The first-order valence-electron chi connectivity index (χ1n) is 8.28. The molecule has 0 aliphatic carbocycles. The van der Waals surface area contributed by atoms with Crippen molar-refractivity contribution in [1.29, 1.82) is 0 Å². The van der Waals surface area contributed by atoms with Crippen molar-refractivity contribution in [2.24, 2.45) is 7.05 Å². The lowest BCUT2D eigenvalue weighted by atomic mass is 10.1. The summed E-state index contributed by atoms with van der Waals surface area (Å²) in [6, 6.07) is 6.79. The van der Waals surface area contributed by atoms with Gasteiger partial charge in [0.05, 0.1) is 11.1 Å². The van der Waals surface area contributed by atoms with Crippen molar-refractivity contribution in [3.05, 3.63) is 50.6 Å². The number of benzene rings is 1. The number of fused-ring (bicyclic) bond motifs is 1. The topological polar surface area (TPSA) is 81.1 Å². The average Bonchev–Trinajstić information content (AvgIpc) is 2.91. The minimum atomic E-state index is -0.228. The molecular weight excluding hydrogens is 382 g/mol. The summed E-state index contributed by atoms with van der Waals surface area (Å²) in [6.07, 6.45) is 0. The highest BCUT2D eigenvalue weighted by atomic mass is 32.2. The number of anilines is 1. The van der Waals surface area contributed by atoms with Crippen LogP contribution in [0, 0.1) is 13.8 Å². The summed E-state index contributed by atoms with van der Waals surface area (Å²) < 4.78 is 1.48. The Labute approximate surface area is 164 Å². The molecule has 0 atom stereocenters.